The summed E-state index contributed by atoms with van der Waals surface area (Å²) in [5, 5.41) is 6.40. The van der Waals surface area contributed by atoms with Crippen LogP contribution in [0.3, 0.4) is 0 Å². The SMILES string of the molecule is CC(CC(=O)Nc1ccc(OCC2CCOCC2)cc1)C1CCNCC1.Cl. The van der Waals surface area contributed by atoms with Gasteiger partial charge in [0, 0.05) is 25.3 Å². The molecule has 0 bridgehead atoms. The Labute approximate surface area is 169 Å². The van der Waals surface area contributed by atoms with E-state index >= 15 is 0 Å². The first-order chi connectivity index (χ1) is 12.7. The molecule has 1 atom stereocenters. The van der Waals surface area contributed by atoms with Crippen molar-refractivity contribution in [2.24, 2.45) is 17.8 Å². The molecule has 0 spiro atoms. The smallest absolute Gasteiger partial charge is 0.224 e. The van der Waals surface area contributed by atoms with Gasteiger partial charge >= 0.3 is 0 Å². The van der Waals surface area contributed by atoms with Crippen molar-refractivity contribution >= 4 is 24.0 Å². The van der Waals surface area contributed by atoms with Crippen molar-refractivity contribution in [3.63, 3.8) is 0 Å². The summed E-state index contributed by atoms with van der Waals surface area (Å²) in [5.74, 6) is 2.63. The van der Waals surface area contributed by atoms with Gasteiger partial charge in [-0.05, 0) is 80.8 Å². The topological polar surface area (TPSA) is 59.6 Å². The molecule has 27 heavy (non-hydrogen) atoms. The second-order valence-corrected chi connectivity index (χ2v) is 7.71. The minimum atomic E-state index is 0. The van der Waals surface area contributed by atoms with Crippen molar-refractivity contribution in [2.75, 3.05) is 38.2 Å². The predicted octanol–water partition coefficient (Wildman–Crippen LogP) is 3.88. The molecule has 0 saturated carbocycles. The minimum absolute atomic E-state index is 0. The third-order valence-electron chi connectivity index (χ3n) is 5.66. The van der Waals surface area contributed by atoms with Crippen LogP contribution in [0.1, 0.15) is 39.0 Å². The van der Waals surface area contributed by atoms with E-state index in [1.54, 1.807) is 0 Å². The number of ether oxygens (including phenoxy) is 2. The number of rotatable bonds is 7. The lowest BCUT2D eigenvalue weighted by molar-refractivity contribution is -0.117. The van der Waals surface area contributed by atoms with E-state index in [4.69, 9.17) is 9.47 Å². The fourth-order valence-corrected chi connectivity index (χ4v) is 3.85. The predicted molar refractivity (Wildman–Crippen MR) is 111 cm³/mol. The van der Waals surface area contributed by atoms with Gasteiger partial charge in [0.15, 0.2) is 0 Å². The van der Waals surface area contributed by atoms with Crippen LogP contribution in [-0.2, 0) is 9.53 Å². The zero-order valence-corrected chi connectivity index (χ0v) is 17.1. The molecule has 1 unspecified atom stereocenters. The maximum Gasteiger partial charge on any atom is 0.224 e. The average molecular weight is 397 g/mol. The van der Waals surface area contributed by atoms with Crippen molar-refractivity contribution in [1.82, 2.24) is 5.32 Å². The molecule has 3 rings (SSSR count). The zero-order chi connectivity index (χ0) is 18.2. The number of amides is 1. The number of anilines is 1. The van der Waals surface area contributed by atoms with E-state index in [-0.39, 0.29) is 18.3 Å². The van der Waals surface area contributed by atoms with Crippen LogP contribution in [0.2, 0.25) is 0 Å². The maximum atomic E-state index is 12.3. The molecule has 5 nitrogen and oxygen atoms in total. The second-order valence-electron chi connectivity index (χ2n) is 7.71. The molecule has 2 fully saturated rings. The largest absolute Gasteiger partial charge is 0.493 e. The highest BCUT2D eigenvalue weighted by Crippen LogP contribution is 2.25. The van der Waals surface area contributed by atoms with Crippen molar-refractivity contribution < 1.29 is 14.3 Å². The molecule has 0 radical (unpaired) electrons. The van der Waals surface area contributed by atoms with Gasteiger partial charge in [0.25, 0.3) is 0 Å². The van der Waals surface area contributed by atoms with Crippen molar-refractivity contribution in [3.8, 4) is 5.75 Å². The number of piperidine rings is 1. The summed E-state index contributed by atoms with van der Waals surface area (Å²) in [6.07, 6.45) is 5.08. The summed E-state index contributed by atoms with van der Waals surface area (Å²) in [5.41, 5.74) is 0.839. The summed E-state index contributed by atoms with van der Waals surface area (Å²) < 4.78 is 11.2. The van der Waals surface area contributed by atoms with Gasteiger partial charge in [-0.1, -0.05) is 6.92 Å². The van der Waals surface area contributed by atoms with E-state index in [2.05, 4.69) is 17.6 Å². The molecule has 1 amide bonds. The van der Waals surface area contributed by atoms with Gasteiger partial charge < -0.3 is 20.1 Å². The van der Waals surface area contributed by atoms with Crippen molar-refractivity contribution in [1.29, 1.82) is 0 Å². The number of carbonyl (C=O) groups excluding carboxylic acids is 1. The first kappa shape index (κ1) is 22.0. The first-order valence-electron chi connectivity index (χ1n) is 10.0. The van der Waals surface area contributed by atoms with Gasteiger partial charge in [0.1, 0.15) is 5.75 Å². The summed E-state index contributed by atoms with van der Waals surface area (Å²) >= 11 is 0. The molecule has 2 N–H and O–H groups in total. The van der Waals surface area contributed by atoms with Gasteiger partial charge in [0.05, 0.1) is 6.61 Å². The quantitative estimate of drug-likeness (QED) is 0.734. The van der Waals surface area contributed by atoms with Gasteiger partial charge in [-0.3, -0.25) is 4.79 Å². The van der Waals surface area contributed by atoms with E-state index in [1.807, 2.05) is 24.3 Å². The molecule has 2 heterocycles. The number of carbonyl (C=O) groups is 1. The van der Waals surface area contributed by atoms with Crippen LogP contribution in [0.25, 0.3) is 0 Å². The lowest BCUT2D eigenvalue weighted by Gasteiger charge is -2.27. The molecule has 152 valence electrons. The van der Waals surface area contributed by atoms with E-state index < -0.39 is 0 Å². The van der Waals surface area contributed by atoms with Gasteiger partial charge in [-0.25, -0.2) is 0 Å². The van der Waals surface area contributed by atoms with Crippen LogP contribution in [0.4, 0.5) is 5.69 Å². The molecule has 1 aromatic carbocycles. The molecular weight excluding hydrogens is 364 g/mol. The Balaban J connectivity index is 0.00000261. The average Bonchev–Trinajstić information content (AvgIpc) is 2.69. The highest BCUT2D eigenvalue weighted by molar-refractivity contribution is 5.90. The molecule has 2 aliphatic heterocycles. The molecule has 6 heteroatoms. The van der Waals surface area contributed by atoms with Crippen LogP contribution in [0.5, 0.6) is 5.75 Å². The third kappa shape index (κ3) is 7.32. The van der Waals surface area contributed by atoms with Gasteiger partial charge in [0.2, 0.25) is 5.91 Å². The van der Waals surface area contributed by atoms with Gasteiger partial charge in [-0.15, -0.1) is 12.4 Å². The van der Waals surface area contributed by atoms with Gasteiger partial charge in [-0.2, -0.15) is 0 Å². The maximum absolute atomic E-state index is 12.3. The van der Waals surface area contributed by atoms with E-state index in [9.17, 15) is 4.79 Å². The number of hydrogen-bond donors (Lipinski definition) is 2. The van der Waals surface area contributed by atoms with Crippen molar-refractivity contribution in [2.45, 2.75) is 39.0 Å². The number of nitrogens with one attached hydrogen (secondary N) is 2. The summed E-state index contributed by atoms with van der Waals surface area (Å²) in [4.78, 5) is 12.3. The standard InChI is InChI=1S/C21H32N2O3.ClH/c1-16(18-6-10-22-11-7-18)14-21(24)23-19-2-4-20(5-3-19)26-15-17-8-12-25-13-9-17;/h2-5,16-18,22H,6-15H2,1H3,(H,23,24);1H. The normalized spacial score (nSPS) is 19.7. The van der Waals surface area contributed by atoms with Crippen LogP contribution in [0, 0.1) is 17.8 Å². The van der Waals surface area contributed by atoms with Crippen LogP contribution in [-0.4, -0.2) is 38.8 Å². The minimum Gasteiger partial charge on any atom is -0.493 e. The number of hydrogen-bond acceptors (Lipinski definition) is 4. The lowest BCUT2D eigenvalue weighted by atomic mass is 9.84. The highest BCUT2D eigenvalue weighted by atomic mass is 35.5. The summed E-state index contributed by atoms with van der Waals surface area (Å²) in [7, 11) is 0. The fraction of sp³-hybridized carbons (Fsp3) is 0.667. The number of benzene rings is 1. The first-order valence-corrected chi connectivity index (χ1v) is 10.0. The van der Waals surface area contributed by atoms with E-state index in [1.165, 1.54) is 12.8 Å². The van der Waals surface area contributed by atoms with Crippen LogP contribution >= 0.6 is 12.4 Å². The molecule has 2 saturated heterocycles. The Morgan fingerprint density at radius 3 is 2.52 bits per heavy atom. The molecule has 0 aromatic heterocycles. The number of halogens is 1. The lowest BCUT2D eigenvalue weighted by Crippen LogP contribution is -2.32. The van der Waals surface area contributed by atoms with Crippen LogP contribution in [0.15, 0.2) is 24.3 Å². The summed E-state index contributed by atoms with van der Waals surface area (Å²) in [6.45, 7) is 6.77. The van der Waals surface area contributed by atoms with E-state index in [0.29, 0.717) is 24.2 Å². The second kappa shape index (κ2) is 11.5. The monoisotopic (exact) mass is 396 g/mol. The molecular formula is C21H33ClN2O3. The third-order valence-corrected chi connectivity index (χ3v) is 5.66. The fourth-order valence-electron chi connectivity index (χ4n) is 3.85. The Hall–Kier alpha value is -1.30. The van der Waals surface area contributed by atoms with Crippen molar-refractivity contribution in [3.05, 3.63) is 24.3 Å². The molecule has 1 aromatic rings. The zero-order valence-electron chi connectivity index (χ0n) is 16.2. The molecule has 2 aliphatic rings. The Morgan fingerprint density at radius 1 is 1.19 bits per heavy atom. The Bertz CT molecular complexity index is 555. The Kier molecular flexibility index (Phi) is 9.39. The van der Waals surface area contributed by atoms with E-state index in [0.717, 1.165) is 57.2 Å². The van der Waals surface area contributed by atoms with Crippen LogP contribution < -0.4 is 15.4 Å². The Morgan fingerprint density at radius 2 is 1.85 bits per heavy atom. The summed E-state index contributed by atoms with van der Waals surface area (Å²) in [6, 6.07) is 7.72. The molecule has 0 aliphatic carbocycles. The highest BCUT2D eigenvalue weighted by Gasteiger charge is 2.22.